The van der Waals surface area contributed by atoms with Crippen molar-refractivity contribution in [2.45, 2.75) is 46.1 Å². The highest BCUT2D eigenvalue weighted by Gasteiger charge is 2.45. The van der Waals surface area contributed by atoms with Crippen LogP contribution in [0.5, 0.6) is 0 Å². The lowest BCUT2D eigenvalue weighted by atomic mass is 9.83. The molecule has 0 spiro atoms. The van der Waals surface area contributed by atoms with Gasteiger partial charge in [0.2, 0.25) is 0 Å². The number of hydrogen-bond donors (Lipinski definition) is 3. The van der Waals surface area contributed by atoms with Gasteiger partial charge in [0.15, 0.2) is 0 Å². The molecule has 0 aromatic rings. The van der Waals surface area contributed by atoms with Crippen molar-refractivity contribution in [3.8, 4) is 0 Å². The second-order valence-corrected chi connectivity index (χ2v) is 6.03. The summed E-state index contributed by atoms with van der Waals surface area (Å²) >= 11 is 0. The molecule has 0 saturated heterocycles. The first kappa shape index (κ1) is 14.6. The summed E-state index contributed by atoms with van der Waals surface area (Å²) in [5.74, 6) is 0.504. The fourth-order valence-corrected chi connectivity index (χ4v) is 1.85. The van der Waals surface area contributed by atoms with E-state index in [2.05, 4.69) is 10.5 Å². The molecule has 1 rings (SSSR count). The van der Waals surface area contributed by atoms with Gasteiger partial charge in [-0.3, -0.25) is 0 Å². The molecule has 1 aliphatic rings. The van der Waals surface area contributed by atoms with Gasteiger partial charge in [-0.2, -0.15) is 0 Å². The quantitative estimate of drug-likeness (QED) is 0.309. The highest BCUT2D eigenvalue weighted by atomic mass is 16.6. The monoisotopic (exact) mass is 257 g/mol. The van der Waals surface area contributed by atoms with Gasteiger partial charge >= 0.3 is 6.09 Å². The van der Waals surface area contributed by atoms with Crippen LogP contribution in [-0.4, -0.2) is 29.3 Å². The van der Waals surface area contributed by atoms with Gasteiger partial charge < -0.3 is 21.0 Å². The smallest absolute Gasteiger partial charge is 0.407 e. The molecule has 0 aliphatic heterocycles. The number of hydrogen-bond acceptors (Lipinski definition) is 4. The summed E-state index contributed by atoms with van der Waals surface area (Å²) < 4.78 is 5.15. The van der Waals surface area contributed by atoms with Crippen LogP contribution in [0.15, 0.2) is 5.16 Å². The minimum absolute atomic E-state index is 0.154. The molecule has 1 atom stereocenters. The molecule has 4 N–H and O–H groups in total. The van der Waals surface area contributed by atoms with Crippen LogP contribution in [-0.2, 0) is 4.74 Å². The van der Waals surface area contributed by atoms with Crippen LogP contribution in [0.3, 0.4) is 0 Å². The Balaban J connectivity index is 2.56. The number of carbonyl (C=O) groups is 1. The second kappa shape index (κ2) is 5.04. The number of rotatable bonds is 4. The highest BCUT2D eigenvalue weighted by molar-refractivity contribution is 5.87. The average molecular weight is 257 g/mol. The molecule has 0 aromatic carbocycles. The van der Waals surface area contributed by atoms with Crippen LogP contribution >= 0.6 is 0 Å². The molecule has 104 valence electrons. The van der Waals surface area contributed by atoms with Crippen LogP contribution in [0.2, 0.25) is 0 Å². The zero-order valence-electron chi connectivity index (χ0n) is 11.5. The summed E-state index contributed by atoms with van der Waals surface area (Å²) in [7, 11) is 0. The molecule has 1 unspecified atom stereocenters. The normalized spacial score (nSPS) is 20.1. The molecule has 0 aromatic heterocycles. The molecule has 6 nitrogen and oxygen atoms in total. The maximum Gasteiger partial charge on any atom is 0.407 e. The molecule has 1 amide bonds. The number of amides is 1. The third-order valence-electron chi connectivity index (χ3n) is 3.17. The first-order chi connectivity index (χ1) is 8.19. The number of carbonyl (C=O) groups excluding carboxylic acids is 1. The van der Waals surface area contributed by atoms with Crippen molar-refractivity contribution in [1.29, 1.82) is 0 Å². The van der Waals surface area contributed by atoms with E-state index in [1.54, 1.807) is 20.8 Å². The fourth-order valence-electron chi connectivity index (χ4n) is 1.85. The Kier molecular flexibility index (Phi) is 4.09. The second-order valence-electron chi connectivity index (χ2n) is 6.03. The lowest BCUT2D eigenvalue weighted by molar-refractivity contribution is 0.0510. The van der Waals surface area contributed by atoms with Gasteiger partial charge in [-0.15, -0.1) is 0 Å². The summed E-state index contributed by atoms with van der Waals surface area (Å²) in [4.78, 5) is 11.6. The van der Waals surface area contributed by atoms with Crippen LogP contribution in [0, 0.1) is 11.3 Å². The predicted octanol–water partition coefficient (Wildman–Crippen LogP) is 1.67. The standard InChI is InChI=1S/C12H23N3O3/c1-11(2,3)18-10(16)14-7-12(4,8-5-6-8)9(13)15-17/h8,17H,5-7H2,1-4H3,(H2,13,15)(H,14,16). The number of oxime groups is 1. The van der Waals surface area contributed by atoms with Gasteiger partial charge in [0.05, 0.1) is 0 Å². The number of nitrogens with zero attached hydrogens (tertiary/aromatic N) is 1. The number of amidine groups is 1. The summed E-state index contributed by atoms with van der Waals surface area (Å²) in [5, 5.41) is 14.6. The summed E-state index contributed by atoms with van der Waals surface area (Å²) in [5.41, 5.74) is 4.67. The Morgan fingerprint density at radius 1 is 1.44 bits per heavy atom. The largest absolute Gasteiger partial charge is 0.444 e. The van der Waals surface area contributed by atoms with E-state index >= 15 is 0 Å². The van der Waals surface area contributed by atoms with Crippen LogP contribution in [0.25, 0.3) is 0 Å². The van der Waals surface area contributed by atoms with Crippen LogP contribution < -0.4 is 11.1 Å². The first-order valence-corrected chi connectivity index (χ1v) is 6.14. The Hall–Kier alpha value is -1.46. The van der Waals surface area contributed by atoms with E-state index in [9.17, 15) is 4.79 Å². The molecular formula is C12H23N3O3. The number of nitrogens with one attached hydrogen (secondary N) is 1. The van der Waals surface area contributed by atoms with Crippen LogP contribution in [0.1, 0.15) is 40.5 Å². The lowest BCUT2D eigenvalue weighted by Crippen LogP contribution is -2.47. The van der Waals surface area contributed by atoms with Crippen molar-refractivity contribution in [3.05, 3.63) is 0 Å². The SMILES string of the molecule is CC(C)(C)OC(=O)NCC(C)(C(N)=NO)C1CC1. The Morgan fingerprint density at radius 2 is 2.00 bits per heavy atom. The Bertz CT molecular complexity index is 345. The van der Waals surface area contributed by atoms with Gasteiger partial charge in [-0.05, 0) is 39.5 Å². The van der Waals surface area contributed by atoms with Crippen molar-refractivity contribution in [3.63, 3.8) is 0 Å². The highest BCUT2D eigenvalue weighted by Crippen LogP contribution is 2.45. The molecule has 1 aliphatic carbocycles. The third kappa shape index (κ3) is 3.78. The summed E-state index contributed by atoms with van der Waals surface area (Å²) in [6, 6.07) is 0. The molecule has 1 saturated carbocycles. The van der Waals surface area contributed by atoms with E-state index in [0.717, 1.165) is 12.8 Å². The summed E-state index contributed by atoms with van der Waals surface area (Å²) in [6.07, 6.45) is 1.57. The molecule has 1 fully saturated rings. The lowest BCUT2D eigenvalue weighted by Gasteiger charge is -2.29. The fraction of sp³-hybridized carbons (Fsp3) is 0.833. The van der Waals surface area contributed by atoms with Gasteiger partial charge in [0.25, 0.3) is 0 Å². The van der Waals surface area contributed by atoms with Crippen molar-refractivity contribution >= 4 is 11.9 Å². The molecule has 0 heterocycles. The van der Waals surface area contributed by atoms with E-state index in [-0.39, 0.29) is 5.84 Å². The van der Waals surface area contributed by atoms with Gasteiger partial charge in [-0.1, -0.05) is 12.1 Å². The number of ether oxygens (including phenoxy) is 1. The van der Waals surface area contributed by atoms with E-state index in [4.69, 9.17) is 15.7 Å². The average Bonchev–Trinajstić information content (AvgIpc) is 3.06. The molecule has 0 bridgehead atoms. The van der Waals surface area contributed by atoms with Crippen molar-refractivity contribution in [2.24, 2.45) is 22.2 Å². The van der Waals surface area contributed by atoms with Crippen LogP contribution in [0.4, 0.5) is 4.79 Å². The van der Waals surface area contributed by atoms with Crippen molar-refractivity contribution in [1.82, 2.24) is 5.32 Å². The zero-order valence-corrected chi connectivity index (χ0v) is 11.5. The van der Waals surface area contributed by atoms with E-state index in [1.807, 2.05) is 6.92 Å². The Labute approximate surface area is 108 Å². The third-order valence-corrected chi connectivity index (χ3v) is 3.17. The van der Waals surface area contributed by atoms with Crippen molar-refractivity contribution in [2.75, 3.05) is 6.54 Å². The topological polar surface area (TPSA) is 96.9 Å². The first-order valence-electron chi connectivity index (χ1n) is 6.14. The van der Waals surface area contributed by atoms with E-state index < -0.39 is 17.1 Å². The summed E-state index contributed by atoms with van der Waals surface area (Å²) in [6.45, 7) is 7.60. The minimum Gasteiger partial charge on any atom is -0.444 e. The maximum absolute atomic E-state index is 11.6. The van der Waals surface area contributed by atoms with E-state index in [0.29, 0.717) is 12.5 Å². The maximum atomic E-state index is 11.6. The zero-order chi connectivity index (χ0) is 14.0. The van der Waals surface area contributed by atoms with E-state index in [1.165, 1.54) is 0 Å². The van der Waals surface area contributed by atoms with Gasteiger partial charge in [0.1, 0.15) is 11.4 Å². The number of alkyl carbamates (subject to hydrolysis) is 1. The van der Waals surface area contributed by atoms with Gasteiger partial charge in [0, 0.05) is 12.0 Å². The molecule has 0 radical (unpaired) electrons. The predicted molar refractivity (Wildman–Crippen MR) is 68.5 cm³/mol. The van der Waals surface area contributed by atoms with Crippen molar-refractivity contribution < 1.29 is 14.7 Å². The molecule has 6 heteroatoms. The van der Waals surface area contributed by atoms with Gasteiger partial charge in [-0.25, -0.2) is 4.79 Å². The Morgan fingerprint density at radius 3 is 2.39 bits per heavy atom. The number of nitrogens with two attached hydrogens (primary N) is 1. The molecular weight excluding hydrogens is 234 g/mol. The molecule has 18 heavy (non-hydrogen) atoms. The minimum atomic E-state index is -0.531.